The van der Waals surface area contributed by atoms with Gasteiger partial charge in [-0.3, -0.25) is 9.59 Å². The third-order valence-electron chi connectivity index (χ3n) is 6.24. The zero-order valence-electron chi connectivity index (χ0n) is 19.7. The van der Waals surface area contributed by atoms with Crippen LogP contribution in [0, 0.1) is 6.92 Å². The summed E-state index contributed by atoms with van der Waals surface area (Å²) in [7, 11) is 0. The number of aryl methyl sites for hydroxylation is 1. The van der Waals surface area contributed by atoms with Gasteiger partial charge in [0.25, 0.3) is 11.8 Å². The quantitative estimate of drug-likeness (QED) is 0.464. The predicted molar refractivity (Wildman–Crippen MR) is 140 cm³/mol. The number of nitrogens with zero attached hydrogens (tertiary/aromatic N) is 1. The molecule has 0 aliphatic carbocycles. The number of carbonyl (C=O) groups excluding carboxylic acids is 2. The van der Waals surface area contributed by atoms with Gasteiger partial charge >= 0.3 is 0 Å². The minimum atomic E-state index is -0.110. The van der Waals surface area contributed by atoms with Crippen molar-refractivity contribution in [3.8, 4) is 0 Å². The Morgan fingerprint density at radius 1 is 1.11 bits per heavy atom. The molecule has 178 valence electrons. The molecule has 1 atom stereocenters. The zero-order chi connectivity index (χ0) is 24.2. The number of hydrogen-bond acceptors (Lipinski definition) is 4. The number of fused-ring (bicyclic) bond motifs is 1. The van der Waals surface area contributed by atoms with Gasteiger partial charge in [0.15, 0.2) is 0 Å². The number of amides is 2. The van der Waals surface area contributed by atoms with E-state index in [1.807, 2.05) is 53.4 Å². The van der Waals surface area contributed by atoms with Gasteiger partial charge in [-0.25, -0.2) is 0 Å². The normalized spacial score (nSPS) is 18.5. The molecular weight excluding hydrogens is 456 g/mol. The Morgan fingerprint density at radius 3 is 2.71 bits per heavy atom. The van der Waals surface area contributed by atoms with E-state index in [2.05, 4.69) is 30.4 Å². The van der Waals surface area contributed by atoms with Gasteiger partial charge in [0.2, 0.25) is 0 Å². The lowest BCUT2D eigenvalue weighted by atomic mass is 10.1. The molecule has 1 fully saturated rings. The monoisotopic (exact) mass is 484 g/mol. The lowest BCUT2D eigenvalue weighted by molar-refractivity contribution is -0.114. The first kappa shape index (κ1) is 23.4. The molecule has 1 N–H and O–H groups in total. The first-order valence-corrected chi connectivity index (χ1v) is 12.7. The van der Waals surface area contributed by atoms with E-state index in [-0.39, 0.29) is 17.9 Å². The molecule has 3 aromatic rings. The fraction of sp³-hybridized carbons (Fsp3) is 0.241. The number of nitrogens with one attached hydrogen (secondary N) is 1. The van der Waals surface area contributed by atoms with Crippen molar-refractivity contribution >= 4 is 35.3 Å². The predicted octanol–water partition coefficient (Wildman–Crippen LogP) is 5.58. The van der Waals surface area contributed by atoms with Gasteiger partial charge in [-0.1, -0.05) is 65.9 Å². The highest BCUT2D eigenvalue weighted by Gasteiger charge is 2.29. The van der Waals surface area contributed by atoms with Crippen molar-refractivity contribution in [3.63, 3.8) is 0 Å². The molecule has 0 bridgehead atoms. The SMILES string of the molecule is Cc1cccc(CN2C(=O)/C(=C\c3ccc(C(=O)NC[C@@H]4CCCO4)cc3)Sc3ccccc32)c1. The van der Waals surface area contributed by atoms with Gasteiger partial charge in [0.05, 0.1) is 23.2 Å². The first-order valence-electron chi connectivity index (χ1n) is 11.9. The summed E-state index contributed by atoms with van der Waals surface area (Å²) in [5.41, 5.74) is 4.67. The highest BCUT2D eigenvalue weighted by molar-refractivity contribution is 8.04. The van der Waals surface area contributed by atoms with Gasteiger partial charge in [0, 0.05) is 23.6 Å². The van der Waals surface area contributed by atoms with Crippen LogP contribution in [0.25, 0.3) is 6.08 Å². The van der Waals surface area contributed by atoms with Crippen molar-refractivity contribution in [1.82, 2.24) is 5.32 Å². The summed E-state index contributed by atoms with van der Waals surface area (Å²) >= 11 is 1.49. The van der Waals surface area contributed by atoms with Crippen LogP contribution in [0.2, 0.25) is 0 Å². The lowest BCUT2D eigenvalue weighted by Crippen LogP contribution is -2.33. The Labute approximate surface area is 210 Å². The lowest BCUT2D eigenvalue weighted by Gasteiger charge is -2.30. The average Bonchev–Trinajstić information content (AvgIpc) is 3.39. The maximum absolute atomic E-state index is 13.5. The summed E-state index contributed by atoms with van der Waals surface area (Å²) < 4.78 is 5.57. The molecule has 0 unspecified atom stereocenters. The smallest absolute Gasteiger partial charge is 0.265 e. The number of carbonyl (C=O) groups is 2. The summed E-state index contributed by atoms with van der Waals surface area (Å²) in [6.07, 6.45) is 4.05. The number of para-hydroxylation sites is 1. The first-order chi connectivity index (χ1) is 17.1. The molecule has 5 rings (SSSR count). The van der Waals surface area contributed by atoms with E-state index in [0.717, 1.165) is 41.2 Å². The number of benzene rings is 3. The van der Waals surface area contributed by atoms with E-state index in [1.54, 1.807) is 12.1 Å². The Balaban J connectivity index is 1.34. The molecule has 3 aromatic carbocycles. The second-order valence-corrected chi connectivity index (χ2v) is 10.0. The highest BCUT2D eigenvalue weighted by atomic mass is 32.2. The summed E-state index contributed by atoms with van der Waals surface area (Å²) in [4.78, 5) is 29.6. The molecule has 2 heterocycles. The number of thioether (sulfide) groups is 1. The zero-order valence-corrected chi connectivity index (χ0v) is 20.5. The number of rotatable bonds is 6. The molecule has 2 amide bonds. The topological polar surface area (TPSA) is 58.6 Å². The van der Waals surface area contributed by atoms with Crippen LogP contribution in [0.3, 0.4) is 0 Å². The molecule has 1 saturated heterocycles. The number of hydrogen-bond donors (Lipinski definition) is 1. The summed E-state index contributed by atoms with van der Waals surface area (Å²) in [5.74, 6) is -0.130. The van der Waals surface area contributed by atoms with Crippen LogP contribution in [0.1, 0.15) is 39.9 Å². The van der Waals surface area contributed by atoms with Crippen molar-refractivity contribution in [1.29, 1.82) is 0 Å². The van der Waals surface area contributed by atoms with E-state index in [0.29, 0.717) is 23.6 Å². The summed E-state index contributed by atoms with van der Waals surface area (Å²) in [6, 6.07) is 23.6. The Bertz CT molecular complexity index is 1260. The van der Waals surface area contributed by atoms with Gasteiger partial charge in [-0.15, -0.1) is 0 Å². The van der Waals surface area contributed by atoms with Crippen LogP contribution in [-0.2, 0) is 16.1 Å². The van der Waals surface area contributed by atoms with E-state index in [9.17, 15) is 9.59 Å². The molecule has 5 nitrogen and oxygen atoms in total. The van der Waals surface area contributed by atoms with E-state index < -0.39 is 0 Å². The Kier molecular flexibility index (Phi) is 7.02. The highest BCUT2D eigenvalue weighted by Crippen LogP contribution is 2.42. The molecule has 0 aromatic heterocycles. The minimum Gasteiger partial charge on any atom is -0.376 e. The van der Waals surface area contributed by atoms with Crippen LogP contribution in [0.4, 0.5) is 5.69 Å². The molecule has 0 saturated carbocycles. The van der Waals surface area contributed by atoms with Crippen LogP contribution < -0.4 is 10.2 Å². The maximum atomic E-state index is 13.5. The summed E-state index contributed by atoms with van der Waals surface area (Å²) in [5, 5.41) is 2.95. The number of anilines is 1. The van der Waals surface area contributed by atoms with E-state index in [1.165, 1.54) is 17.3 Å². The van der Waals surface area contributed by atoms with E-state index in [4.69, 9.17) is 4.74 Å². The third-order valence-corrected chi connectivity index (χ3v) is 7.32. The van der Waals surface area contributed by atoms with Crippen LogP contribution in [0.5, 0.6) is 0 Å². The second kappa shape index (κ2) is 10.5. The summed E-state index contributed by atoms with van der Waals surface area (Å²) in [6.45, 7) is 3.88. The second-order valence-electron chi connectivity index (χ2n) is 8.93. The third kappa shape index (κ3) is 5.50. The Hall–Kier alpha value is -3.35. The van der Waals surface area contributed by atoms with E-state index >= 15 is 0 Å². The van der Waals surface area contributed by atoms with Crippen LogP contribution in [-0.4, -0.2) is 31.1 Å². The largest absolute Gasteiger partial charge is 0.376 e. The minimum absolute atomic E-state index is 0.0198. The Morgan fingerprint density at radius 2 is 1.94 bits per heavy atom. The van der Waals surface area contributed by atoms with Gasteiger partial charge in [0.1, 0.15) is 0 Å². The maximum Gasteiger partial charge on any atom is 0.265 e. The van der Waals surface area contributed by atoms with Crippen molar-refractivity contribution in [2.24, 2.45) is 0 Å². The van der Waals surface area contributed by atoms with Crippen molar-refractivity contribution in [2.75, 3.05) is 18.1 Å². The van der Waals surface area contributed by atoms with Crippen molar-refractivity contribution in [3.05, 3.63) is 100.0 Å². The standard InChI is InChI=1S/C29H28N2O3S/c1-20-6-4-7-22(16-20)19-31-25-9-2-3-10-26(25)35-27(29(31)33)17-21-11-13-23(14-12-21)28(32)30-18-24-8-5-15-34-24/h2-4,6-7,9-14,16-17,24H,5,8,15,18-19H2,1H3,(H,30,32)/b27-17+/t24-/m0/s1. The van der Waals surface area contributed by atoms with Crippen LogP contribution in [0.15, 0.2) is 82.6 Å². The van der Waals surface area contributed by atoms with Crippen LogP contribution >= 0.6 is 11.8 Å². The van der Waals surface area contributed by atoms with Crippen molar-refractivity contribution in [2.45, 2.75) is 37.3 Å². The van der Waals surface area contributed by atoms with Crippen molar-refractivity contribution < 1.29 is 14.3 Å². The molecule has 0 radical (unpaired) electrons. The van der Waals surface area contributed by atoms with Gasteiger partial charge in [-0.2, -0.15) is 0 Å². The van der Waals surface area contributed by atoms with Gasteiger partial charge in [-0.05, 0) is 61.2 Å². The molecular formula is C29H28N2O3S. The molecule has 35 heavy (non-hydrogen) atoms. The molecule has 2 aliphatic heterocycles. The fourth-order valence-corrected chi connectivity index (χ4v) is 5.47. The average molecular weight is 485 g/mol. The molecule has 2 aliphatic rings. The number of ether oxygens (including phenoxy) is 1. The van der Waals surface area contributed by atoms with Gasteiger partial charge < -0.3 is 15.0 Å². The fourth-order valence-electron chi connectivity index (χ4n) is 4.41. The molecule has 6 heteroatoms. The molecule has 0 spiro atoms.